The van der Waals surface area contributed by atoms with E-state index in [2.05, 4.69) is 6.92 Å². The zero-order chi connectivity index (χ0) is 16.6. The van der Waals surface area contributed by atoms with Crippen LogP contribution in [0, 0.1) is 0 Å². The van der Waals surface area contributed by atoms with Crippen LogP contribution in [-0.2, 0) is 14.3 Å². The Hall–Kier alpha value is -1.10. The molecule has 2 N–H and O–H groups in total. The Bertz CT molecular complexity index is 291. The van der Waals surface area contributed by atoms with Crippen molar-refractivity contribution < 1.29 is 24.5 Å². The average molecular weight is 316 g/mol. The monoisotopic (exact) mass is 316 g/mol. The van der Waals surface area contributed by atoms with E-state index < -0.39 is 24.5 Å². The van der Waals surface area contributed by atoms with Crippen LogP contribution in [0.1, 0.15) is 84.0 Å². The summed E-state index contributed by atoms with van der Waals surface area (Å²) in [5, 5.41) is 17.4. The molecule has 0 aromatic rings. The minimum absolute atomic E-state index is 0.321. The molecule has 5 heteroatoms. The molecular formula is C17H32O5. The minimum Gasteiger partial charge on any atom is -0.481 e. The Kier molecular flexibility index (Phi) is 14.1. The third kappa shape index (κ3) is 13.9. The first-order valence-corrected chi connectivity index (χ1v) is 8.64. The molecule has 1 atom stereocenters. The van der Waals surface area contributed by atoms with E-state index in [0.29, 0.717) is 6.61 Å². The molecule has 0 aromatic carbocycles. The second kappa shape index (κ2) is 14.8. The number of hydrogen-bond donors (Lipinski definition) is 2. The molecule has 0 saturated carbocycles. The van der Waals surface area contributed by atoms with Crippen LogP contribution in [0.5, 0.6) is 0 Å². The van der Waals surface area contributed by atoms with Gasteiger partial charge in [-0.25, -0.2) is 4.79 Å². The summed E-state index contributed by atoms with van der Waals surface area (Å²) in [6.45, 7) is 2.55. The molecule has 0 aliphatic heterocycles. The molecule has 0 heterocycles. The number of aliphatic carboxylic acids is 2. The van der Waals surface area contributed by atoms with Gasteiger partial charge in [0.2, 0.25) is 0 Å². The van der Waals surface area contributed by atoms with Gasteiger partial charge in [0.15, 0.2) is 6.10 Å². The largest absolute Gasteiger partial charge is 0.481 e. The number of rotatable bonds is 16. The van der Waals surface area contributed by atoms with E-state index in [1.54, 1.807) is 0 Å². The van der Waals surface area contributed by atoms with Gasteiger partial charge in [0.1, 0.15) is 0 Å². The Balaban J connectivity index is 3.35. The molecule has 0 aromatic heterocycles. The number of carboxylic acid groups (broad SMARTS) is 2. The van der Waals surface area contributed by atoms with Gasteiger partial charge >= 0.3 is 11.9 Å². The SMILES string of the molecule is CCCCCCCCCCCCCOC(CC(=O)O)C(=O)O. The van der Waals surface area contributed by atoms with Crippen molar-refractivity contribution in [2.45, 2.75) is 90.1 Å². The number of carbonyl (C=O) groups is 2. The quantitative estimate of drug-likeness (QED) is 0.416. The third-order valence-electron chi connectivity index (χ3n) is 3.70. The van der Waals surface area contributed by atoms with Crippen LogP contribution < -0.4 is 0 Å². The fourth-order valence-corrected chi connectivity index (χ4v) is 2.37. The van der Waals surface area contributed by atoms with Crippen molar-refractivity contribution >= 4 is 11.9 Å². The van der Waals surface area contributed by atoms with Gasteiger partial charge in [-0.05, 0) is 6.42 Å². The van der Waals surface area contributed by atoms with Gasteiger partial charge in [-0.15, -0.1) is 0 Å². The highest BCUT2D eigenvalue weighted by atomic mass is 16.5. The normalized spacial score (nSPS) is 12.2. The topological polar surface area (TPSA) is 83.8 Å². The van der Waals surface area contributed by atoms with Crippen LogP contribution in [0.15, 0.2) is 0 Å². The summed E-state index contributed by atoms with van der Waals surface area (Å²) in [7, 11) is 0. The number of ether oxygens (including phenoxy) is 1. The molecule has 0 aliphatic rings. The van der Waals surface area contributed by atoms with Crippen molar-refractivity contribution in [3.63, 3.8) is 0 Å². The first-order chi connectivity index (χ1) is 10.6. The molecule has 0 rings (SSSR count). The van der Waals surface area contributed by atoms with E-state index in [-0.39, 0.29) is 0 Å². The Labute approximate surface area is 134 Å². The minimum atomic E-state index is -1.22. The fraction of sp³-hybridized carbons (Fsp3) is 0.882. The van der Waals surface area contributed by atoms with E-state index in [1.807, 2.05) is 0 Å². The summed E-state index contributed by atoms with van der Waals surface area (Å²) in [4.78, 5) is 21.3. The highest BCUT2D eigenvalue weighted by Gasteiger charge is 2.21. The summed E-state index contributed by atoms with van der Waals surface area (Å²) in [5.74, 6) is -2.35. The van der Waals surface area contributed by atoms with Crippen molar-refractivity contribution in [1.29, 1.82) is 0 Å². The lowest BCUT2D eigenvalue weighted by Crippen LogP contribution is -2.27. The number of unbranched alkanes of at least 4 members (excludes halogenated alkanes) is 10. The Morgan fingerprint density at radius 3 is 1.68 bits per heavy atom. The summed E-state index contributed by atoms with van der Waals surface area (Å²) in [5.41, 5.74) is 0. The van der Waals surface area contributed by atoms with E-state index >= 15 is 0 Å². The van der Waals surface area contributed by atoms with Crippen molar-refractivity contribution in [2.75, 3.05) is 6.61 Å². The maximum atomic E-state index is 10.8. The molecule has 0 aliphatic carbocycles. The first-order valence-electron chi connectivity index (χ1n) is 8.64. The molecule has 0 radical (unpaired) electrons. The van der Waals surface area contributed by atoms with Crippen molar-refractivity contribution in [3.05, 3.63) is 0 Å². The zero-order valence-corrected chi connectivity index (χ0v) is 13.9. The van der Waals surface area contributed by atoms with Crippen LogP contribution >= 0.6 is 0 Å². The van der Waals surface area contributed by atoms with Gasteiger partial charge in [0.25, 0.3) is 0 Å². The van der Waals surface area contributed by atoms with Crippen LogP contribution in [0.4, 0.5) is 0 Å². The van der Waals surface area contributed by atoms with Gasteiger partial charge < -0.3 is 14.9 Å². The average Bonchev–Trinajstić information content (AvgIpc) is 2.46. The molecule has 1 unspecified atom stereocenters. The highest BCUT2D eigenvalue weighted by Crippen LogP contribution is 2.11. The van der Waals surface area contributed by atoms with E-state index in [9.17, 15) is 9.59 Å². The van der Waals surface area contributed by atoms with Crippen molar-refractivity contribution in [3.8, 4) is 0 Å². The van der Waals surface area contributed by atoms with Gasteiger partial charge in [0, 0.05) is 6.61 Å². The summed E-state index contributed by atoms with van der Waals surface area (Å²) in [6, 6.07) is 0. The van der Waals surface area contributed by atoms with Crippen molar-refractivity contribution in [1.82, 2.24) is 0 Å². The lowest BCUT2D eigenvalue weighted by atomic mass is 10.1. The van der Waals surface area contributed by atoms with Crippen LogP contribution in [0.25, 0.3) is 0 Å². The van der Waals surface area contributed by atoms with E-state index in [0.717, 1.165) is 19.3 Å². The molecule has 22 heavy (non-hydrogen) atoms. The molecular weight excluding hydrogens is 284 g/mol. The molecule has 0 amide bonds. The van der Waals surface area contributed by atoms with E-state index in [4.69, 9.17) is 14.9 Å². The highest BCUT2D eigenvalue weighted by molar-refractivity contribution is 5.79. The molecule has 0 fully saturated rings. The van der Waals surface area contributed by atoms with Crippen LogP contribution in [-0.4, -0.2) is 34.9 Å². The summed E-state index contributed by atoms with van der Waals surface area (Å²) in [6.07, 6.45) is 11.7. The van der Waals surface area contributed by atoms with Gasteiger partial charge in [-0.2, -0.15) is 0 Å². The predicted octanol–water partition coefficient (Wildman–Crippen LogP) is 4.24. The number of hydrogen-bond acceptors (Lipinski definition) is 3. The molecule has 5 nitrogen and oxygen atoms in total. The van der Waals surface area contributed by atoms with Gasteiger partial charge in [-0.3, -0.25) is 4.79 Å². The Morgan fingerprint density at radius 1 is 0.818 bits per heavy atom. The smallest absolute Gasteiger partial charge is 0.333 e. The molecule has 130 valence electrons. The lowest BCUT2D eigenvalue weighted by Gasteiger charge is -2.11. The maximum absolute atomic E-state index is 10.8. The standard InChI is InChI=1S/C17H32O5/c1-2-3-4-5-6-7-8-9-10-11-12-13-22-15(17(20)21)14-16(18)19/h15H,2-14H2,1H3,(H,18,19)(H,20,21). The van der Waals surface area contributed by atoms with Crippen molar-refractivity contribution in [2.24, 2.45) is 0 Å². The maximum Gasteiger partial charge on any atom is 0.333 e. The van der Waals surface area contributed by atoms with E-state index in [1.165, 1.54) is 51.4 Å². The third-order valence-corrected chi connectivity index (χ3v) is 3.70. The summed E-state index contributed by atoms with van der Waals surface area (Å²) >= 11 is 0. The second-order valence-electron chi connectivity index (χ2n) is 5.83. The van der Waals surface area contributed by atoms with Gasteiger partial charge in [0.05, 0.1) is 6.42 Å². The van der Waals surface area contributed by atoms with Gasteiger partial charge in [-0.1, -0.05) is 71.1 Å². The van der Waals surface area contributed by atoms with Crippen LogP contribution in [0.3, 0.4) is 0 Å². The second-order valence-corrected chi connectivity index (χ2v) is 5.83. The molecule has 0 bridgehead atoms. The lowest BCUT2D eigenvalue weighted by molar-refractivity contribution is -0.156. The Morgan fingerprint density at radius 2 is 1.27 bits per heavy atom. The predicted molar refractivity (Wildman–Crippen MR) is 86.1 cm³/mol. The van der Waals surface area contributed by atoms with Crippen LogP contribution in [0.2, 0.25) is 0 Å². The zero-order valence-electron chi connectivity index (χ0n) is 13.9. The molecule has 0 saturated heterocycles. The number of carboxylic acids is 2. The first kappa shape index (κ1) is 20.9. The molecule has 0 spiro atoms. The summed E-state index contributed by atoms with van der Waals surface area (Å²) < 4.78 is 5.12. The fourth-order valence-electron chi connectivity index (χ4n) is 2.37.